The van der Waals surface area contributed by atoms with Crippen molar-refractivity contribution >= 4 is 45.1 Å². The minimum atomic E-state index is -0.294. The third kappa shape index (κ3) is 2.76. The molecule has 7 nitrogen and oxygen atoms in total. The van der Waals surface area contributed by atoms with E-state index in [1.165, 1.54) is 0 Å². The molecule has 2 aromatic heterocycles. The molecule has 1 aliphatic rings. The first-order chi connectivity index (χ1) is 13.2. The summed E-state index contributed by atoms with van der Waals surface area (Å²) >= 11 is 2.28. The quantitative estimate of drug-likeness (QED) is 0.461. The molecule has 0 bridgehead atoms. The summed E-state index contributed by atoms with van der Waals surface area (Å²) in [7, 11) is 0. The van der Waals surface area contributed by atoms with Gasteiger partial charge in [0, 0.05) is 8.96 Å². The molecule has 0 fully saturated rings. The first-order valence-electron chi connectivity index (χ1n) is 8.31. The van der Waals surface area contributed by atoms with Crippen molar-refractivity contribution in [2.24, 2.45) is 0 Å². The van der Waals surface area contributed by atoms with Crippen molar-refractivity contribution in [1.82, 2.24) is 19.6 Å². The van der Waals surface area contributed by atoms with Crippen LogP contribution in [0, 0.1) is 3.57 Å². The molecule has 1 unspecified atom stereocenters. The number of fused-ring (bicyclic) bond motifs is 3. The van der Waals surface area contributed by atoms with Gasteiger partial charge in [-0.3, -0.25) is 0 Å². The minimum Gasteiger partial charge on any atom is -0.462 e. The lowest BCUT2D eigenvalue weighted by atomic mass is 9.96. The second-order valence-electron chi connectivity index (χ2n) is 6.13. The van der Waals surface area contributed by atoms with Gasteiger partial charge in [0.1, 0.15) is 23.8 Å². The zero-order chi connectivity index (χ0) is 18.4. The summed E-state index contributed by atoms with van der Waals surface area (Å²) in [4.78, 5) is 9.30. The van der Waals surface area contributed by atoms with Gasteiger partial charge in [-0.05, 0) is 52.4 Å². The van der Waals surface area contributed by atoms with Crippen LogP contribution in [-0.2, 0) is 9.47 Å². The summed E-state index contributed by atoms with van der Waals surface area (Å²) in [5, 5.41) is 5.29. The number of aromatic nitrogens is 4. The molecule has 0 amide bonds. The van der Waals surface area contributed by atoms with E-state index in [0.717, 1.165) is 20.0 Å². The molecule has 4 aromatic rings. The van der Waals surface area contributed by atoms with Crippen molar-refractivity contribution in [2.75, 3.05) is 12.5 Å². The number of anilines is 1. The number of ether oxygens (including phenoxy) is 2. The zero-order valence-corrected chi connectivity index (χ0v) is 16.2. The summed E-state index contributed by atoms with van der Waals surface area (Å²) in [5.74, 6) is 1.26. The van der Waals surface area contributed by atoms with Crippen molar-refractivity contribution in [3.05, 3.63) is 75.5 Å². The average Bonchev–Trinajstić information content (AvgIpc) is 3.33. The van der Waals surface area contributed by atoms with E-state index in [-0.39, 0.29) is 18.7 Å². The Hall–Kier alpha value is -2.88. The van der Waals surface area contributed by atoms with Crippen molar-refractivity contribution in [3.63, 3.8) is 0 Å². The molecule has 27 heavy (non-hydrogen) atoms. The van der Waals surface area contributed by atoms with Crippen LogP contribution in [0.2, 0.25) is 0 Å². The maximum atomic E-state index is 5.92. The zero-order valence-electron chi connectivity index (χ0n) is 14.0. The lowest BCUT2D eigenvalue weighted by Crippen LogP contribution is -2.14. The Balaban J connectivity index is 1.82. The Morgan fingerprint density at radius 1 is 1.07 bits per heavy atom. The predicted molar refractivity (Wildman–Crippen MR) is 109 cm³/mol. The summed E-state index contributed by atoms with van der Waals surface area (Å²) < 4.78 is 13.9. The van der Waals surface area contributed by atoms with E-state index in [1.807, 2.05) is 36.4 Å². The van der Waals surface area contributed by atoms with E-state index in [1.54, 1.807) is 10.8 Å². The third-order valence-electron chi connectivity index (χ3n) is 4.46. The van der Waals surface area contributed by atoms with E-state index >= 15 is 0 Å². The lowest BCUT2D eigenvalue weighted by Gasteiger charge is -2.18. The lowest BCUT2D eigenvalue weighted by molar-refractivity contribution is 0.0765. The van der Waals surface area contributed by atoms with E-state index in [9.17, 15) is 0 Å². The van der Waals surface area contributed by atoms with E-state index in [0.29, 0.717) is 17.2 Å². The fraction of sp³-hybridized carbons (Fsp3) is 0.105. The van der Waals surface area contributed by atoms with Crippen LogP contribution in [0.3, 0.4) is 0 Å². The highest BCUT2D eigenvalue weighted by Gasteiger charge is 2.29. The number of hydrogen-bond acceptors (Lipinski definition) is 6. The molecule has 0 aliphatic carbocycles. The van der Waals surface area contributed by atoms with Gasteiger partial charge in [0.05, 0.1) is 5.52 Å². The standard InChI is InChI=1S/C19H14IN5O2/c20-12-7-5-11(6-8-12)16(15-9-26-10-27-15)18-22-14-4-2-1-3-13(14)17-23-19(21)24-25(17)18/h1-9,16H,10H2,(H2,21,24). The molecule has 8 heteroatoms. The molecule has 0 saturated heterocycles. The van der Waals surface area contributed by atoms with Crippen molar-refractivity contribution in [2.45, 2.75) is 5.92 Å². The van der Waals surface area contributed by atoms with Crippen LogP contribution in [0.1, 0.15) is 17.3 Å². The van der Waals surface area contributed by atoms with Crippen LogP contribution < -0.4 is 5.73 Å². The van der Waals surface area contributed by atoms with Crippen LogP contribution in [0.25, 0.3) is 16.6 Å². The number of benzene rings is 2. The van der Waals surface area contributed by atoms with Crippen LogP contribution in [0.5, 0.6) is 0 Å². The van der Waals surface area contributed by atoms with Gasteiger partial charge in [0.25, 0.3) is 0 Å². The molecule has 5 rings (SSSR count). The Bertz CT molecular complexity index is 1190. The van der Waals surface area contributed by atoms with E-state index < -0.39 is 0 Å². The fourth-order valence-electron chi connectivity index (χ4n) is 3.28. The maximum absolute atomic E-state index is 5.92. The summed E-state index contributed by atoms with van der Waals surface area (Å²) in [6, 6.07) is 16.0. The molecule has 0 saturated carbocycles. The number of halogens is 1. The predicted octanol–water partition coefficient (Wildman–Crippen LogP) is 3.44. The maximum Gasteiger partial charge on any atom is 0.240 e. The molecule has 1 aliphatic heterocycles. The highest BCUT2D eigenvalue weighted by Crippen LogP contribution is 2.35. The van der Waals surface area contributed by atoms with Crippen LogP contribution in [-0.4, -0.2) is 26.4 Å². The third-order valence-corrected chi connectivity index (χ3v) is 5.18. The molecular formula is C19H14IN5O2. The largest absolute Gasteiger partial charge is 0.462 e. The van der Waals surface area contributed by atoms with Crippen molar-refractivity contribution in [1.29, 1.82) is 0 Å². The molecule has 1 atom stereocenters. The Morgan fingerprint density at radius 2 is 1.89 bits per heavy atom. The van der Waals surface area contributed by atoms with Gasteiger partial charge < -0.3 is 15.2 Å². The number of nitrogen functional groups attached to an aromatic ring is 1. The molecule has 3 heterocycles. The molecule has 0 radical (unpaired) electrons. The fourth-order valence-corrected chi connectivity index (χ4v) is 3.64. The van der Waals surface area contributed by atoms with Gasteiger partial charge in [0.15, 0.2) is 5.65 Å². The normalized spacial score (nSPS) is 14.8. The Kier molecular flexibility index (Phi) is 3.85. The van der Waals surface area contributed by atoms with Crippen molar-refractivity contribution in [3.8, 4) is 0 Å². The van der Waals surface area contributed by atoms with E-state index in [4.69, 9.17) is 20.2 Å². The summed E-state index contributed by atoms with van der Waals surface area (Å²) in [5.41, 5.74) is 8.43. The smallest absolute Gasteiger partial charge is 0.240 e. The average molecular weight is 471 g/mol. The van der Waals surface area contributed by atoms with Gasteiger partial charge >= 0.3 is 0 Å². The van der Waals surface area contributed by atoms with Crippen LogP contribution in [0.15, 0.2) is 60.6 Å². The SMILES string of the molecule is Nc1nc2c3ccccc3nc(C(C3=COCO3)c3ccc(I)cc3)n2n1. The number of allylic oxidation sites excluding steroid dienone is 1. The number of rotatable bonds is 3. The monoisotopic (exact) mass is 471 g/mol. The van der Waals surface area contributed by atoms with Gasteiger partial charge in [-0.15, -0.1) is 5.10 Å². The second-order valence-corrected chi connectivity index (χ2v) is 7.37. The summed E-state index contributed by atoms with van der Waals surface area (Å²) in [6.45, 7) is 0.187. The summed E-state index contributed by atoms with van der Waals surface area (Å²) in [6.07, 6.45) is 1.63. The number of nitrogens with zero attached hydrogens (tertiary/aromatic N) is 4. The Labute approximate surface area is 168 Å². The van der Waals surface area contributed by atoms with Gasteiger partial charge in [-0.25, -0.2) is 4.98 Å². The van der Waals surface area contributed by atoms with Crippen LogP contribution in [0.4, 0.5) is 5.95 Å². The highest BCUT2D eigenvalue weighted by atomic mass is 127. The molecule has 0 spiro atoms. The first-order valence-corrected chi connectivity index (χ1v) is 9.39. The van der Waals surface area contributed by atoms with Gasteiger partial charge in [-0.2, -0.15) is 9.50 Å². The number of para-hydroxylation sites is 1. The minimum absolute atomic E-state index is 0.187. The van der Waals surface area contributed by atoms with Gasteiger partial charge in [0.2, 0.25) is 12.7 Å². The Morgan fingerprint density at radius 3 is 2.67 bits per heavy atom. The van der Waals surface area contributed by atoms with Gasteiger partial charge in [-0.1, -0.05) is 24.3 Å². The second kappa shape index (κ2) is 6.38. The number of hydrogen-bond donors (Lipinski definition) is 1. The first kappa shape index (κ1) is 16.3. The molecule has 2 aromatic carbocycles. The molecule has 2 N–H and O–H groups in total. The number of nitrogens with two attached hydrogens (primary N) is 1. The van der Waals surface area contributed by atoms with Crippen LogP contribution >= 0.6 is 22.6 Å². The van der Waals surface area contributed by atoms with Crippen molar-refractivity contribution < 1.29 is 9.47 Å². The molecular weight excluding hydrogens is 457 g/mol. The van der Waals surface area contributed by atoms with E-state index in [2.05, 4.69) is 44.8 Å². The topological polar surface area (TPSA) is 87.6 Å². The molecule has 134 valence electrons. The highest BCUT2D eigenvalue weighted by molar-refractivity contribution is 14.1.